The van der Waals surface area contributed by atoms with Gasteiger partial charge in [-0.25, -0.2) is 4.79 Å². The van der Waals surface area contributed by atoms with E-state index in [0.29, 0.717) is 6.42 Å². The highest BCUT2D eigenvalue weighted by Gasteiger charge is 2.30. The van der Waals surface area contributed by atoms with Gasteiger partial charge in [0.25, 0.3) is 0 Å². The molecule has 0 bridgehead atoms. The number of urea groups is 1. The number of carbonyl (C=O) groups excluding carboxylic acids is 2. The molecule has 9 heteroatoms. The van der Waals surface area contributed by atoms with Gasteiger partial charge in [-0.2, -0.15) is 0 Å². The Kier molecular flexibility index (Phi) is 7.08. The van der Waals surface area contributed by atoms with Crippen LogP contribution in [-0.4, -0.2) is 36.9 Å². The predicted octanol–water partition coefficient (Wildman–Crippen LogP) is 2.34. The summed E-state index contributed by atoms with van der Waals surface area (Å²) in [5.74, 6) is -0.602. The average Bonchev–Trinajstić information content (AvgIpc) is 2.44. The second kappa shape index (κ2) is 8.59. The smallest absolute Gasteiger partial charge is 0.406 e. The summed E-state index contributed by atoms with van der Waals surface area (Å²) in [5.41, 5.74) is 0.359. The van der Waals surface area contributed by atoms with Crippen molar-refractivity contribution in [2.45, 2.75) is 39.1 Å². The third-order valence-corrected chi connectivity index (χ3v) is 2.78. The van der Waals surface area contributed by atoms with Crippen molar-refractivity contribution in [3.8, 4) is 5.75 Å². The van der Waals surface area contributed by atoms with Crippen LogP contribution in [0.3, 0.4) is 0 Å². The maximum Gasteiger partial charge on any atom is 0.573 e. The number of amides is 3. The van der Waals surface area contributed by atoms with Crippen LogP contribution < -0.4 is 20.7 Å². The van der Waals surface area contributed by atoms with Gasteiger partial charge in [-0.05, 0) is 44.9 Å². The lowest BCUT2D eigenvalue weighted by Gasteiger charge is -2.20. The maximum atomic E-state index is 12.0. The molecule has 0 saturated heterocycles. The lowest BCUT2D eigenvalue weighted by molar-refractivity contribution is -0.274. The molecule has 3 N–H and O–H groups in total. The van der Waals surface area contributed by atoms with E-state index in [1.54, 1.807) is 0 Å². The molecular weight excluding hydrogens is 339 g/mol. The standard InChI is InChI=1S/C16H22F3N3O3/c1-15(2,3)22-13(23)10-21-14(24)20-9-8-11-4-6-12(7-5-11)25-16(17,18)19/h4-7H,8-10H2,1-3H3,(H,22,23)(H2,20,21,24). The van der Waals surface area contributed by atoms with Gasteiger partial charge in [-0.15, -0.1) is 13.2 Å². The molecule has 0 aliphatic heterocycles. The number of benzene rings is 1. The summed E-state index contributed by atoms with van der Waals surface area (Å²) in [6.45, 7) is 5.61. The monoisotopic (exact) mass is 361 g/mol. The molecule has 0 aliphatic rings. The highest BCUT2D eigenvalue weighted by atomic mass is 19.4. The van der Waals surface area contributed by atoms with E-state index in [-0.39, 0.29) is 30.3 Å². The highest BCUT2D eigenvalue weighted by Crippen LogP contribution is 2.22. The first-order valence-corrected chi connectivity index (χ1v) is 7.62. The summed E-state index contributed by atoms with van der Waals surface area (Å²) >= 11 is 0. The van der Waals surface area contributed by atoms with E-state index in [1.165, 1.54) is 24.3 Å². The molecule has 140 valence electrons. The maximum absolute atomic E-state index is 12.0. The Balaban J connectivity index is 2.28. The van der Waals surface area contributed by atoms with Crippen molar-refractivity contribution in [3.05, 3.63) is 29.8 Å². The summed E-state index contributed by atoms with van der Waals surface area (Å²) in [6, 6.07) is 4.88. The van der Waals surface area contributed by atoms with Crippen LogP contribution in [0.5, 0.6) is 5.75 Å². The third kappa shape index (κ3) is 10.1. The van der Waals surface area contributed by atoms with E-state index in [9.17, 15) is 22.8 Å². The second-order valence-electron chi connectivity index (χ2n) is 6.35. The fraction of sp³-hybridized carbons (Fsp3) is 0.500. The van der Waals surface area contributed by atoms with Crippen molar-refractivity contribution in [1.82, 2.24) is 16.0 Å². The number of hydrogen-bond donors (Lipinski definition) is 3. The molecule has 0 aromatic heterocycles. The van der Waals surface area contributed by atoms with Crippen LogP contribution in [-0.2, 0) is 11.2 Å². The van der Waals surface area contributed by atoms with Gasteiger partial charge in [0.1, 0.15) is 5.75 Å². The first-order valence-electron chi connectivity index (χ1n) is 7.62. The van der Waals surface area contributed by atoms with E-state index in [0.717, 1.165) is 5.56 Å². The van der Waals surface area contributed by atoms with Crippen molar-refractivity contribution >= 4 is 11.9 Å². The number of carbonyl (C=O) groups is 2. The minimum Gasteiger partial charge on any atom is -0.406 e. The SMILES string of the molecule is CC(C)(C)NC(=O)CNC(=O)NCCc1ccc(OC(F)(F)F)cc1. The number of ether oxygens (including phenoxy) is 1. The van der Waals surface area contributed by atoms with Gasteiger partial charge in [-0.1, -0.05) is 12.1 Å². The van der Waals surface area contributed by atoms with Crippen molar-refractivity contribution in [3.63, 3.8) is 0 Å². The Morgan fingerprint density at radius 3 is 2.16 bits per heavy atom. The van der Waals surface area contributed by atoms with Gasteiger partial charge in [0, 0.05) is 12.1 Å². The zero-order valence-corrected chi connectivity index (χ0v) is 14.3. The summed E-state index contributed by atoms with van der Waals surface area (Å²) in [7, 11) is 0. The van der Waals surface area contributed by atoms with E-state index in [1.807, 2.05) is 20.8 Å². The first-order chi connectivity index (χ1) is 11.4. The molecule has 0 unspecified atom stereocenters. The Hall–Kier alpha value is -2.45. The minimum absolute atomic E-state index is 0.146. The van der Waals surface area contributed by atoms with Gasteiger partial charge in [-0.3, -0.25) is 4.79 Å². The van der Waals surface area contributed by atoms with Crippen LogP contribution in [0.2, 0.25) is 0 Å². The lowest BCUT2D eigenvalue weighted by atomic mass is 10.1. The van der Waals surface area contributed by atoms with Crippen LogP contribution in [0.15, 0.2) is 24.3 Å². The highest BCUT2D eigenvalue weighted by molar-refractivity contribution is 5.84. The molecule has 1 aromatic carbocycles. The quantitative estimate of drug-likeness (QED) is 0.728. The Labute approximate surface area is 144 Å². The van der Waals surface area contributed by atoms with E-state index >= 15 is 0 Å². The molecule has 0 saturated carbocycles. The zero-order valence-electron chi connectivity index (χ0n) is 14.3. The number of nitrogens with one attached hydrogen (secondary N) is 3. The van der Waals surface area contributed by atoms with Crippen LogP contribution in [0.4, 0.5) is 18.0 Å². The summed E-state index contributed by atoms with van der Waals surface area (Å²) < 4.78 is 39.9. The first kappa shape index (κ1) is 20.6. The van der Waals surface area contributed by atoms with Gasteiger partial charge in [0.05, 0.1) is 6.54 Å². The Morgan fingerprint density at radius 1 is 1.04 bits per heavy atom. The number of hydrogen-bond acceptors (Lipinski definition) is 3. The average molecular weight is 361 g/mol. The topological polar surface area (TPSA) is 79.5 Å². The van der Waals surface area contributed by atoms with Gasteiger partial charge in [0.15, 0.2) is 0 Å². The molecule has 0 fully saturated rings. The molecule has 25 heavy (non-hydrogen) atoms. The Morgan fingerprint density at radius 2 is 1.64 bits per heavy atom. The fourth-order valence-electron chi connectivity index (χ4n) is 1.86. The van der Waals surface area contributed by atoms with Gasteiger partial charge < -0.3 is 20.7 Å². The minimum atomic E-state index is -4.72. The molecule has 3 amide bonds. The molecule has 6 nitrogen and oxygen atoms in total. The Bertz CT molecular complexity index is 581. The van der Waals surface area contributed by atoms with Crippen LogP contribution >= 0.6 is 0 Å². The van der Waals surface area contributed by atoms with Gasteiger partial charge >= 0.3 is 12.4 Å². The van der Waals surface area contributed by atoms with Crippen LogP contribution in [0.1, 0.15) is 26.3 Å². The van der Waals surface area contributed by atoms with Crippen molar-refractivity contribution in [2.75, 3.05) is 13.1 Å². The molecule has 0 aliphatic carbocycles. The molecule has 0 atom stereocenters. The molecule has 0 radical (unpaired) electrons. The van der Waals surface area contributed by atoms with E-state index < -0.39 is 12.4 Å². The predicted molar refractivity (Wildman–Crippen MR) is 86.1 cm³/mol. The van der Waals surface area contributed by atoms with Crippen molar-refractivity contribution in [1.29, 1.82) is 0 Å². The molecule has 1 rings (SSSR count). The molecule has 1 aromatic rings. The van der Waals surface area contributed by atoms with Crippen molar-refractivity contribution < 1.29 is 27.5 Å². The van der Waals surface area contributed by atoms with Crippen molar-refractivity contribution in [2.24, 2.45) is 0 Å². The number of rotatable bonds is 6. The van der Waals surface area contributed by atoms with Gasteiger partial charge in [0.2, 0.25) is 5.91 Å². The summed E-state index contributed by atoms with van der Waals surface area (Å²) in [6.07, 6.45) is -4.30. The third-order valence-electron chi connectivity index (χ3n) is 2.78. The van der Waals surface area contributed by atoms with E-state index in [4.69, 9.17) is 0 Å². The number of alkyl halides is 3. The molecular formula is C16H22F3N3O3. The fourth-order valence-corrected chi connectivity index (χ4v) is 1.86. The normalized spacial score (nSPS) is 11.6. The summed E-state index contributed by atoms with van der Waals surface area (Å²) in [5, 5.41) is 7.68. The van der Waals surface area contributed by atoms with Crippen LogP contribution in [0, 0.1) is 0 Å². The molecule has 0 spiro atoms. The van der Waals surface area contributed by atoms with Crippen LogP contribution in [0.25, 0.3) is 0 Å². The summed E-state index contributed by atoms with van der Waals surface area (Å²) in [4.78, 5) is 23.1. The molecule has 0 heterocycles. The lowest BCUT2D eigenvalue weighted by Crippen LogP contribution is -2.47. The number of halogens is 3. The largest absolute Gasteiger partial charge is 0.573 e. The second-order valence-corrected chi connectivity index (χ2v) is 6.35. The zero-order chi connectivity index (χ0) is 19.1. The van der Waals surface area contributed by atoms with E-state index in [2.05, 4.69) is 20.7 Å².